The second kappa shape index (κ2) is 5.46. The van der Waals surface area contributed by atoms with E-state index >= 15 is 0 Å². The molecule has 0 unspecified atom stereocenters. The van der Waals surface area contributed by atoms with Gasteiger partial charge in [0.2, 0.25) is 10.0 Å². The largest absolute Gasteiger partial charge is 0.396 e. The standard InChI is InChI=1S/C13H23N3O3S/c1-10-12(11(2)15-14-10)20(18,19)16(3)8-13(9-17)6-4-5-7-13/h17H,4-9H2,1-3H3,(H,14,15). The molecule has 0 amide bonds. The summed E-state index contributed by atoms with van der Waals surface area (Å²) in [7, 11) is -1.98. The summed E-state index contributed by atoms with van der Waals surface area (Å²) in [6.07, 6.45) is 3.87. The molecule has 0 aromatic carbocycles. The van der Waals surface area contributed by atoms with Crippen LogP contribution in [0.15, 0.2) is 4.90 Å². The Morgan fingerprint density at radius 3 is 2.40 bits per heavy atom. The molecule has 0 aliphatic heterocycles. The van der Waals surface area contributed by atoms with Gasteiger partial charge in [-0.25, -0.2) is 12.7 Å². The number of H-pyrrole nitrogens is 1. The van der Waals surface area contributed by atoms with Crippen LogP contribution in [0.2, 0.25) is 0 Å². The van der Waals surface area contributed by atoms with E-state index in [0.717, 1.165) is 25.7 Å². The van der Waals surface area contributed by atoms with Crippen molar-refractivity contribution in [2.75, 3.05) is 20.2 Å². The third-order valence-electron chi connectivity index (χ3n) is 4.29. The fraction of sp³-hybridized carbons (Fsp3) is 0.769. The van der Waals surface area contributed by atoms with Crippen LogP contribution in [0.25, 0.3) is 0 Å². The number of sulfonamides is 1. The van der Waals surface area contributed by atoms with Crippen molar-refractivity contribution in [3.8, 4) is 0 Å². The van der Waals surface area contributed by atoms with Crippen molar-refractivity contribution in [3.05, 3.63) is 11.4 Å². The molecule has 1 aliphatic rings. The number of hydrogen-bond donors (Lipinski definition) is 2. The maximum absolute atomic E-state index is 12.7. The summed E-state index contributed by atoms with van der Waals surface area (Å²) < 4.78 is 26.7. The molecule has 114 valence electrons. The van der Waals surface area contributed by atoms with E-state index in [4.69, 9.17) is 0 Å². The van der Waals surface area contributed by atoms with Gasteiger partial charge in [-0.3, -0.25) is 5.10 Å². The molecule has 7 heteroatoms. The van der Waals surface area contributed by atoms with Gasteiger partial charge in [-0.05, 0) is 26.7 Å². The monoisotopic (exact) mass is 301 g/mol. The normalized spacial score (nSPS) is 18.9. The molecular formula is C13H23N3O3S. The summed E-state index contributed by atoms with van der Waals surface area (Å²) in [5.74, 6) is 0. The lowest BCUT2D eigenvalue weighted by atomic mass is 9.87. The van der Waals surface area contributed by atoms with Crippen LogP contribution in [0, 0.1) is 19.3 Å². The number of aromatic nitrogens is 2. The molecule has 0 spiro atoms. The quantitative estimate of drug-likeness (QED) is 0.855. The molecule has 20 heavy (non-hydrogen) atoms. The highest BCUT2D eigenvalue weighted by molar-refractivity contribution is 7.89. The van der Waals surface area contributed by atoms with Gasteiger partial charge in [0.05, 0.1) is 11.4 Å². The fourth-order valence-electron chi connectivity index (χ4n) is 3.13. The smallest absolute Gasteiger partial charge is 0.246 e. The zero-order chi connectivity index (χ0) is 15.0. The van der Waals surface area contributed by atoms with E-state index in [0.29, 0.717) is 17.9 Å². The van der Waals surface area contributed by atoms with Crippen LogP contribution in [-0.4, -0.2) is 48.2 Å². The molecule has 0 atom stereocenters. The second-order valence-electron chi connectivity index (χ2n) is 5.89. The van der Waals surface area contributed by atoms with Crippen LogP contribution in [0.1, 0.15) is 37.1 Å². The van der Waals surface area contributed by atoms with Gasteiger partial charge in [0.15, 0.2) is 0 Å². The van der Waals surface area contributed by atoms with Gasteiger partial charge in [0, 0.05) is 25.6 Å². The second-order valence-corrected chi connectivity index (χ2v) is 7.87. The Kier molecular flexibility index (Phi) is 4.22. The number of aliphatic hydroxyl groups excluding tert-OH is 1. The summed E-state index contributed by atoms with van der Waals surface area (Å²) in [5.41, 5.74) is 0.755. The van der Waals surface area contributed by atoms with Crippen molar-refractivity contribution in [1.29, 1.82) is 0 Å². The van der Waals surface area contributed by atoms with Crippen LogP contribution in [0.4, 0.5) is 0 Å². The number of aliphatic hydroxyl groups is 1. The summed E-state index contributed by atoms with van der Waals surface area (Å²) >= 11 is 0. The third-order valence-corrected chi connectivity index (χ3v) is 6.35. The predicted molar refractivity (Wildman–Crippen MR) is 75.9 cm³/mol. The van der Waals surface area contributed by atoms with Crippen molar-refractivity contribution in [2.24, 2.45) is 5.41 Å². The number of aromatic amines is 1. The molecule has 2 N–H and O–H groups in total. The van der Waals surface area contributed by atoms with Crippen LogP contribution >= 0.6 is 0 Å². The zero-order valence-electron chi connectivity index (χ0n) is 12.3. The number of aryl methyl sites for hydroxylation is 2. The van der Waals surface area contributed by atoms with Gasteiger partial charge < -0.3 is 5.11 Å². The fourth-order valence-corrected chi connectivity index (χ4v) is 4.73. The molecule has 1 fully saturated rings. The molecule has 1 saturated carbocycles. The van der Waals surface area contributed by atoms with E-state index in [1.165, 1.54) is 4.31 Å². The first-order chi connectivity index (χ1) is 9.32. The minimum atomic E-state index is -3.56. The SMILES string of the molecule is Cc1n[nH]c(C)c1S(=O)(=O)N(C)CC1(CO)CCCC1. The molecule has 0 saturated heterocycles. The van der Waals surface area contributed by atoms with Gasteiger partial charge in [0.1, 0.15) is 4.90 Å². The van der Waals surface area contributed by atoms with Gasteiger partial charge in [-0.15, -0.1) is 0 Å². The van der Waals surface area contributed by atoms with Crippen molar-refractivity contribution < 1.29 is 13.5 Å². The van der Waals surface area contributed by atoms with Crippen molar-refractivity contribution in [1.82, 2.24) is 14.5 Å². The maximum Gasteiger partial charge on any atom is 0.246 e. The van der Waals surface area contributed by atoms with Gasteiger partial charge >= 0.3 is 0 Å². The Bertz CT molecular complexity index is 554. The average Bonchev–Trinajstić information content (AvgIpc) is 2.97. The van der Waals surface area contributed by atoms with Crippen molar-refractivity contribution >= 4 is 10.0 Å². The lowest BCUT2D eigenvalue weighted by molar-refractivity contribution is 0.112. The lowest BCUT2D eigenvalue weighted by Crippen LogP contribution is -2.40. The van der Waals surface area contributed by atoms with E-state index < -0.39 is 10.0 Å². The zero-order valence-corrected chi connectivity index (χ0v) is 13.1. The molecule has 1 aliphatic carbocycles. The topological polar surface area (TPSA) is 86.3 Å². The first-order valence-corrected chi connectivity index (χ1v) is 8.35. The number of nitrogens with zero attached hydrogens (tertiary/aromatic N) is 2. The van der Waals surface area contributed by atoms with E-state index in [2.05, 4.69) is 10.2 Å². The highest BCUT2D eigenvalue weighted by atomic mass is 32.2. The van der Waals surface area contributed by atoms with E-state index in [1.807, 2.05) is 0 Å². The first-order valence-electron chi connectivity index (χ1n) is 6.91. The number of rotatable bonds is 5. The predicted octanol–water partition coefficient (Wildman–Crippen LogP) is 1.20. The van der Waals surface area contributed by atoms with E-state index in [-0.39, 0.29) is 16.9 Å². The minimum Gasteiger partial charge on any atom is -0.396 e. The Hall–Kier alpha value is -0.920. The molecular weight excluding hydrogens is 278 g/mol. The summed E-state index contributed by atoms with van der Waals surface area (Å²) in [5, 5.41) is 16.3. The van der Waals surface area contributed by atoms with Crippen LogP contribution in [0.5, 0.6) is 0 Å². The Morgan fingerprint density at radius 2 is 1.95 bits per heavy atom. The first kappa shape index (κ1) is 15.5. The average molecular weight is 301 g/mol. The lowest BCUT2D eigenvalue weighted by Gasteiger charge is -2.31. The summed E-state index contributed by atoms with van der Waals surface area (Å²) in [4.78, 5) is 0.256. The highest BCUT2D eigenvalue weighted by Gasteiger charge is 2.38. The molecule has 6 nitrogen and oxygen atoms in total. The van der Waals surface area contributed by atoms with Crippen LogP contribution in [0.3, 0.4) is 0 Å². The molecule has 0 bridgehead atoms. The summed E-state index contributed by atoms with van der Waals surface area (Å²) in [6.45, 7) is 3.78. The molecule has 0 radical (unpaired) electrons. The Morgan fingerprint density at radius 1 is 1.35 bits per heavy atom. The Balaban J connectivity index is 2.26. The molecule has 1 aromatic rings. The van der Waals surface area contributed by atoms with Crippen molar-refractivity contribution in [3.63, 3.8) is 0 Å². The minimum absolute atomic E-state index is 0.0379. The maximum atomic E-state index is 12.7. The number of nitrogens with one attached hydrogen (secondary N) is 1. The van der Waals surface area contributed by atoms with Crippen LogP contribution < -0.4 is 0 Å². The molecule has 1 heterocycles. The summed E-state index contributed by atoms with van der Waals surface area (Å²) in [6, 6.07) is 0. The van der Waals surface area contributed by atoms with E-state index in [1.54, 1.807) is 20.9 Å². The molecule has 2 rings (SSSR count). The highest BCUT2D eigenvalue weighted by Crippen LogP contribution is 2.39. The Labute approximate surface area is 120 Å². The van der Waals surface area contributed by atoms with Crippen molar-refractivity contribution in [2.45, 2.75) is 44.4 Å². The molecule has 1 aromatic heterocycles. The number of hydrogen-bond acceptors (Lipinski definition) is 4. The van der Waals surface area contributed by atoms with Gasteiger partial charge in [-0.2, -0.15) is 5.10 Å². The van der Waals surface area contributed by atoms with Gasteiger partial charge in [-0.1, -0.05) is 12.8 Å². The van der Waals surface area contributed by atoms with E-state index in [9.17, 15) is 13.5 Å². The van der Waals surface area contributed by atoms with Crippen LogP contribution in [-0.2, 0) is 10.0 Å². The van der Waals surface area contributed by atoms with Gasteiger partial charge in [0.25, 0.3) is 0 Å². The third kappa shape index (κ3) is 2.62.